The van der Waals surface area contributed by atoms with Crippen molar-refractivity contribution in [3.63, 3.8) is 0 Å². The van der Waals surface area contributed by atoms with Crippen molar-refractivity contribution >= 4 is 29.1 Å². The molecule has 2 atom stereocenters. The average molecular weight is 441 g/mol. The topological polar surface area (TPSA) is 149 Å². The molecule has 3 aromatic heterocycles. The first-order valence-electron chi connectivity index (χ1n) is 9.62. The number of carbonyl (C=O) groups is 2. The summed E-state index contributed by atoms with van der Waals surface area (Å²) in [6.45, 7) is 0. The molecule has 0 aliphatic heterocycles. The lowest BCUT2D eigenvalue weighted by molar-refractivity contribution is -0.117. The Labute approximate surface area is 181 Å². The molecule has 2 amide bonds. The summed E-state index contributed by atoms with van der Waals surface area (Å²) >= 11 is 0. The van der Waals surface area contributed by atoms with Gasteiger partial charge in [-0.05, 0) is 12.5 Å². The van der Waals surface area contributed by atoms with Gasteiger partial charge in [-0.1, -0.05) is 0 Å². The molecule has 1 fully saturated rings. The van der Waals surface area contributed by atoms with Gasteiger partial charge in [-0.2, -0.15) is 15.0 Å². The molecular formula is C19H20FN9O3. The highest BCUT2D eigenvalue weighted by Crippen LogP contribution is 2.37. The molecule has 1 saturated carbocycles. The van der Waals surface area contributed by atoms with E-state index in [0.29, 0.717) is 17.0 Å². The third kappa shape index (κ3) is 4.17. The first-order valence-corrected chi connectivity index (χ1v) is 9.62. The predicted octanol–water partition coefficient (Wildman–Crippen LogP) is 1.08. The lowest BCUT2D eigenvalue weighted by atomic mass is 10.2. The quantitative estimate of drug-likeness (QED) is 0.489. The average Bonchev–Trinajstić information content (AvgIpc) is 3.37. The number of ether oxygens (including phenoxy) is 1. The van der Waals surface area contributed by atoms with Gasteiger partial charge < -0.3 is 20.7 Å². The van der Waals surface area contributed by atoms with Gasteiger partial charge in [-0.15, -0.1) is 10.2 Å². The van der Waals surface area contributed by atoms with E-state index in [-0.39, 0.29) is 29.4 Å². The second-order valence-corrected chi connectivity index (χ2v) is 7.00. The molecule has 1 aliphatic carbocycles. The molecule has 0 aromatic carbocycles. The summed E-state index contributed by atoms with van der Waals surface area (Å²) in [7, 11) is 4.61. The van der Waals surface area contributed by atoms with Crippen LogP contribution >= 0.6 is 0 Å². The van der Waals surface area contributed by atoms with Crippen molar-refractivity contribution in [3.8, 4) is 17.0 Å². The van der Waals surface area contributed by atoms with E-state index in [0.717, 1.165) is 0 Å². The van der Waals surface area contributed by atoms with E-state index < -0.39 is 23.9 Å². The van der Waals surface area contributed by atoms with Crippen LogP contribution < -0.4 is 20.7 Å². The largest absolute Gasteiger partial charge is 0.492 e. The fraction of sp³-hybridized carbons (Fsp3) is 0.316. The van der Waals surface area contributed by atoms with E-state index in [2.05, 4.69) is 41.3 Å². The summed E-state index contributed by atoms with van der Waals surface area (Å²) in [6, 6.07) is 3.13. The number of carbonyl (C=O) groups excluding carboxylic acids is 2. The van der Waals surface area contributed by atoms with Crippen LogP contribution in [0.2, 0.25) is 0 Å². The molecule has 32 heavy (non-hydrogen) atoms. The van der Waals surface area contributed by atoms with E-state index in [9.17, 15) is 14.0 Å². The number of halogens is 1. The van der Waals surface area contributed by atoms with Crippen molar-refractivity contribution in [1.29, 1.82) is 0 Å². The molecule has 4 rings (SSSR count). The zero-order valence-corrected chi connectivity index (χ0v) is 17.5. The number of nitrogens with one attached hydrogen (secondary N) is 3. The lowest BCUT2D eigenvalue weighted by Crippen LogP contribution is -2.23. The number of hydrogen-bond acceptors (Lipinski definition) is 9. The van der Waals surface area contributed by atoms with Gasteiger partial charge in [-0.25, -0.2) is 9.37 Å². The maximum absolute atomic E-state index is 13.2. The molecule has 0 unspecified atom stereocenters. The van der Waals surface area contributed by atoms with Gasteiger partial charge in [0.15, 0.2) is 23.1 Å². The standard InChI is InChI=1S/C19H20FN9O3/c1-21-19(31)15-12(7-14(26-27-15)25-18(30)10-6-11(10)20)24-17-16(32-3)9(4-5-22-17)13-8-23-29(2)28-13/h4-5,7-8,10-11H,6H2,1-3H3,(H,21,31)(H2,22,24,25,26,30)/t10-,11+/m1/s1. The molecule has 166 valence electrons. The Bertz CT molecular complexity index is 1180. The van der Waals surface area contributed by atoms with Crippen LogP contribution in [0.5, 0.6) is 5.75 Å². The minimum absolute atomic E-state index is 0.0333. The summed E-state index contributed by atoms with van der Waals surface area (Å²) < 4.78 is 18.7. The molecule has 3 heterocycles. The highest BCUT2D eigenvalue weighted by atomic mass is 19.1. The van der Waals surface area contributed by atoms with Crippen LogP contribution in [0.25, 0.3) is 11.3 Å². The van der Waals surface area contributed by atoms with Crippen LogP contribution in [0.4, 0.5) is 21.7 Å². The Kier molecular flexibility index (Phi) is 5.62. The van der Waals surface area contributed by atoms with Gasteiger partial charge in [0.1, 0.15) is 11.9 Å². The summed E-state index contributed by atoms with van der Waals surface area (Å²) in [5, 5.41) is 24.1. The van der Waals surface area contributed by atoms with Gasteiger partial charge in [0.2, 0.25) is 5.91 Å². The molecule has 12 nitrogen and oxygen atoms in total. The summed E-state index contributed by atoms with van der Waals surface area (Å²) in [4.78, 5) is 30.1. The number of pyridine rings is 1. The Morgan fingerprint density at radius 3 is 2.72 bits per heavy atom. The SMILES string of the molecule is CNC(=O)c1nnc(NC(=O)[C@@H]2C[C@@H]2F)cc1Nc1nccc(-c2cnn(C)n2)c1OC. The minimum Gasteiger partial charge on any atom is -0.492 e. The number of methoxy groups -OCH3 is 1. The molecule has 0 radical (unpaired) electrons. The number of aromatic nitrogens is 6. The van der Waals surface area contributed by atoms with Crippen LogP contribution in [0.1, 0.15) is 16.9 Å². The number of hydrogen-bond donors (Lipinski definition) is 3. The number of aryl methyl sites for hydroxylation is 1. The Morgan fingerprint density at radius 1 is 1.31 bits per heavy atom. The molecule has 13 heteroatoms. The monoisotopic (exact) mass is 441 g/mol. The predicted molar refractivity (Wildman–Crippen MR) is 111 cm³/mol. The van der Waals surface area contributed by atoms with Gasteiger partial charge in [0.25, 0.3) is 5.91 Å². The van der Waals surface area contributed by atoms with Crippen LogP contribution in [-0.4, -0.2) is 62.3 Å². The molecule has 3 aromatic rings. The number of rotatable bonds is 7. The van der Waals surface area contributed by atoms with E-state index in [1.165, 1.54) is 25.0 Å². The maximum atomic E-state index is 13.2. The first-order chi connectivity index (χ1) is 15.4. The fourth-order valence-electron chi connectivity index (χ4n) is 3.03. The minimum atomic E-state index is -1.15. The highest BCUT2D eigenvalue weighted by Gasteiger charge is 2.43. The number of nitrogens with zero attached hydrogens (tertiary/aromatic N) is 6. The van der Waals surface area contributed by atoms with Crippen molar-refractivity contribution in [2.24, 2.45) is 13.0 Å². The van der Waals surface area contributed by atoms with Gasteiger partial charge >= 0.3 is 0 Å². The van der Waals surface area contributed by atoms with Crippen LogP contribution in [-0.2, 0) is 11.8 Å². The zero-order valence-electron chi connectivity index (χ0n) is 17.5. The Hall–Kier alpha value is -4.16. The van der Waals surface area contributed by atoms with Crippen LogP contribution in [0.15, 0.2) is 24.5 Å². The van der Waals surface area contributed by atoms with Gasteiger partial charge in [0, 0.05) is 26.4 Å². The second kappa shape index (κ2) is 8.53. The van der Waals surface area contributed by atoms with Gasteiger partial charge in [-0.3, -0.25) is 9.59 Å². The van der Waals surface area contributed by atoms with Crippen molar-refractivity contribution in [2.75, 3.05) is 24.8 Å². The normalized spacial score (nSPS) is 16.9. The van der Waals surface area contributed by atoms with Crippen LogP contribution in [0.3, 0.4) is 0 Å². The van der Waals surface area contributed by atoms with Crippen molar-refractivity contribution < 1.29 is 18.7 Å². The third-order valence-corrected chi connectivity index (χ3v) is 4.77. The second-order valence-electron chi connectivity index (χ2n) is 7.00. The Morgan fingerprint density at radius 2 is 2.09 bits per heavy atom. The van der Waals surface area contributed by atoms with E-state index in [1.807, 2.05) is 0 Å². The van der Waals surface area contributed by atoms with E-state index in [4.69, 9.17) is 4.74 Å². The third-order valence-electron chi connectivity index (χ3n) is 4.77. The lowest BCUT2D eigenvalue weighted by Gasteiger charge is -2.15. The maximum Gasteiger partial charge on any atom is 0.273 e. The van der Waals surface area contributed by atoms with E-state index in [1.54, 1.807) is 25.5 Å². The molecule has 3 N–H and O–H groups in total. The molecule has 0 saturated heterocycles. The summed E-state index contributed by atoms with van der Waals surface area (Å²) in [5.74, 6) is -1.00. The highest BCUT2D eigenvalue weighted by molar-refractivity contribution is 6.00. The summed E-state index contributed by atoms with van der Waals surface area (Å²) in [5.41, 5.74) is 1.36. The van der Waals surface area contributed by atoms with Crippen molar-refractivity contribution in [3.05, 3.63) is 30.2 Å². The van der Waals surface area contributed by atoms with Crippen molar-refractivity contribution in [2.45, 2.75) is 12.6 Å². The van der Waals surface area contributed by atoms with E-state index >= 15 is 0 Å². The number of alkyl halides is 1. The molecule has 1 aliphatic rings. The molecular weight excluding hydrogens is 421 g/mol. The zero-order chi connectivity index (χ0) is 22.8. The number of amides is 2. The summed E-state index contributed by atoms with van der Waals surface area (Å²) in [6.07, 6.45) is 2.15. The molecule has 0 bridgehead atoms. The fourth-order valence-corrected chi connectivity index (χ4v) is 3.03. The number of anilines is 3. The Balaban J connectivity index is 1.70. The molecule has 0 spiro atoms. The smallest absolute Gasteiger partial charge is 0.273 e. The first kappa shape index (κ1) is 21.1. The van der Waals surface area contributed by atoms with Crippen LogP contribution in [0, 0.1) is 5.92 Å². The van der Waals surface area contributed by atoms with Crippen molar-refractivity contribution in [1.82, 2.24) is 35.5 Å². The van der Waals surface area contributed by atoms with Gasteiger partial charge in [0.05, 0.1) is 30.5 Å².